The van der Waals surface area contributed by atoms with Gasteiger partial charge in [-0.1, -0.05) is 11.6 Å². The fraction of sp³-hybridized carbons (Fsp3) is 0.533. The van der Waals surface area contributed by atoms with Crippen molar-refractivity contribution >= 4 is 23.2 Å². The molecule has 0 spiro atoms. The number of nitrogens with one attached hydrogen (secondary N) is 1. The number of aliphatic hydroxyl groups is 1. The van der Waals surface area contributed by atoms with Gasteiger partial charge in [-0.15, -0.1) is 0 Å². The Kier molecular flexibility index (Phi) is 5.19. The van der Waals surface area contributed by atoms with E-state index in [1.54, 1.807) is 18.9 Å². The lowest BCUT2D eigenvalue weighted by Crippen LogP contribution is -2.43. The standard InChI is InChI=1S/C15H20ClFN2O2/c1-9(19(2)8-14(20)10-3-4-10)15(21)18-13-7-11(16)5-6-12(13)17/h5-7,9-10,14,20H,3-4,8H2,1-2H3,(H,18,21). The third kappa shape index (κ3) is 4.40. The van der Waals surface area contributed by atoms with Crippen molar-refractivity contribution < 1.29 is 14.3 Å². The Hall–Kier alpha value is -1.17. The van der Waals surface area contributed by atoms with Crippen molar-refractivity contribution in [3.05, 3.63) is 29.0 Å². The van der Waals surface area contributed by atoms with E-state index in [9.17, 15) is 14.3 Å². The highest BCUT2D eigenvalue weighted by Gasteiger charge is 2.32. The lowest BCUT2D eigenvalue weighted by Gasteiger charge is -2.26. The van der Waals surface area contributed by atoms with E-state index in [1.165, 1.54) is 18.2 Å². The minimum atomic E-state index is -0.527. The fourth-order valence-electron chi connectivity index (χ4n) is 2.11. The van der Waals surface area contributed by atoms with Crippen molar-refractivity contribution in [1.82, 2.24) is 4.90 Å². The number of likely N-dealkylation sites (N-methyl/N-ethyl adjacent to an activating group) is 1. The lowest BCUT2D eigenvalue weighted by atomic mass is 10.2. The zero-order valence-corrected chi connectivity index (χ0v) is 12.9. The van der Waals surface area contributed by atoms with Crippen LogP contribution in [0.3, 0.4) is 0 Å². The average Bonchev–Trinajstić information content (AvgIpc) is 3.26. The fourth-order valence-corrected chi connectivity index (χ4v) is 2.29. The first-order valence-corrected chi connectivity index (χ1v) is 7.40. The van der Waals surface area contributed by atoms with Gasteiger partial charge in [0.05, 0.1) is 17.8 Å². The number of amides is 1. The number of rotatable bonds is 6. The molecule has 0 bridgehead atoms. The minimum Gasteiger partial charge on any atom is -0.392 e. The Balaban J connectivity index is 1.93. The Bertz CT molecular complexity index is 522. The second kappa shape index (κ2) is 6.73. The molecule has 4 nitrogen and oxygen atoms in total. The molecule has 0 heterocycles. The summed E-state index contributed by atoms with van der Waals surface area (Å²) in [7, 11) is 1.77. The molecule has 1 amide bonds. The number of hydrogen-bond acceptors (Lipinski definition) is 3. The Morgan fingerprint density at radius 1 is 1.57 bits per heavy atom. The van der Waals surface area contributed by atoms with Gasteiger partial charge < -0.3 is 10.4 Å². The van der Waals surface area contributed by atoms with Crippen molar-refractivity contribution in [1.29, 1.82) is 0 Å². The van der Waals surface area contributed by atoms with Gasteiger partial charge in [-0.2, -0.15) is 0 Å². The van der Waals surface area contributed by atoms with Crippen LogP contribution in [0.4, 0.5) is 10.1 Å². The van der Waals surface area contributed by atoms with Gasteiger partial charge in [0.15, 0.2) is 0 Å². The highest BCUT2D eigenvalue weighted by atomic mass is 35.5. The van der Waals surface area contributed by atoms with Gasteiger partial charge in [-0.3, -0.25) is 9.69 Å². The molecule has 2 rings (SSSR count). The van der Waals surface area contributed by atoms with Crippen molar-refractivity contribution in [3.8, 4) is 0 Å². The third-order valence-corrected chi connectivity index (χ3v) is 4.10. The first-order valence-electron chi connectivity index (χ1n) is 7.02. The summed E-state index contributed by atoms with van der Waals surface area (Å²) in [6.45, 7) is 2.15. The molecular weight excluding hydrogens is 295 g/mol. The Morgan fingerprint density at radius 2 is 2.24 bits per heavy atom. The summed E-state index contributed by atoms with van der Waals surface area (Å²) in [6.07, 6.45) is 1.68. The molecule has 1 aliphatic carbocycles. The maximum atomic E-state index is 13.6. The first kappa shape index (κ1) is 16.2. The van der Waals surface area contributed by atoms with Crippen LogP contribution in [0.25, 0.3) is 0 Å². The quantitative estimate of drug-likeness (QED) is 0.848. The monoisotopic (exact) mass is 314 g/mol. The smallest absolute Gasteiger partial charge is 0.241 e. The summed E-state index contributed by atoms with van der Waals surface area (Å²) < 4.78 is 13.6. The highest BCUT2D eigenvalue weighted by molar-refractivity contribution is 6.30. The summed E-state index contributed by atoms with van der Waals surface area (Å²) in [4.78, 5) is 13.9. The Morgan fingerprint density at radius 3 is 2.86 bits per heavy atom. The van der Waals surface area contributed by atoms with Gasteiger partial charge in [0.25, 0.3) is 0 Å². The topological polar surface area (TPSA) is 52.6 Å². The maximum Gasteiger partial charge on any atom is 0.241 e. The van der Waals surface area contributed by atoms with Gasteiger partial charge in [-0.25, -0.2) is 4.39 Å². The zero-order chi connectivity index (χ0) is 15.6. The molecule has 1 saturated carbocycles. The molecule has 1 aliphatic rings. The first-order chi connectivity index (χ1) is 9.88. The minimum absolute atomic E-state index is 0.0653. The number of benzene rings is 1. The second-order valence-electron chi connectivity index (χ2n) is 5.63. The van der Waals surface area contributed by atoms with Crippen LogP contribution < -0.4 is 5.32 Å². The summed E-state index contributed by atoms with van der Waals surface area (Å²) in [5, 5.41) is 12.8. The van der Waals surface area contributed by atoms with Gasteiger partial charge >= 0.3 is 0 Å². The molecule has 116 valence electrons. The molecule has 1 aromatic rings. The van der Waals surface area contributed by atoms with Gasteiger partial charge in [0.2, 0.25) is 5.91 Å². The zero-order valence-electron chi connectivity index (χ0n) is 12.1. The normalized spacial score (nSPS) is 17.6. The number of carbonyl (C=O) groups excluding carboxylic acids is 1. The predicted molar refractivity (Wildman–Crippen MR) is 80.9 cm³/mol. The molecule has 1 fully saturated rings. The van der Waals surface area contributed by atoms with Crippen LogP contribution in [0.15, 0.2) is 18.2 Å². The number of carbonyl (C=O) groups is 1. The summed E-state index contributed by atoms with van der Waals surface area (Å²) >= 11 is 5.79. The van der Waals surface area contributed by atoms with Crippen molar-refractivity contribution in [2.45, 2.75) is 31.9 Å². The van der Waals surface area contributed by atoms with Gasteiger partial charge in [-0.05, 0) is 50.9 Å². The van der Waals surface area contributed by atoms with Crippen LogP contribution >= 0.6 is 11.6 Å². The van der Waals surface area contributed by atoms with E-state index >= 15 is 0 Å². The van der Waals surface area contributed by atoms with Crippen LogP contribution in [0.5, 0.6) is 0 Å². The van der Waals surface area contributed by atoms with Crippen LogP contribution in [0, 0.1) is 11.7 Å². The van der Waals surface area contributed by atoms with Crippen molar-refractivity contribution in [3.63, 3.8) is 0 Å². The molecule has 0 aromatic heterocycles. The molecule has 2 atom stereocenters. The maximum absolute atomic E-state index is 13.6. The van der Waals surface area contributed by atoms with Crippen molar-refractivity contribution in [2.24, 2.45) is 5.92 Å². The Labute approximate surface area is 128 Å². The average molecular weight is 315 g/mol. The van der Waals surface area contributed by atoms with E-state index in [1.807, 2.05) is 0 Å². The third-order valence-electron chi connectivity index (χ3n) is 3.87. The largest absolute Gasteiger partial charge is 0.392 e. The van der Waals surface area contributed by atoms with E-state index in [2.05, 4.69) is 5.32 Å². The number of halogens is 2. The lowest BCUT2D eigenvalue weighted by molar-refractivity contribution is -0.120. The van der Waals surface area contributed by atoms with E-state index in [0.29, 0.717) is 17.5 Å². The molecule has 2 unspecified atom stereocenters. The van der Waals surface area contributed by atoms with Gasteiger partial charge in [0.1, 0.15) is 5.82 Å². The van der Waals surface area contributed by atoms with Crippen LogP contribution in [0.2, 0.25) is 5.02 Å². The molecule has 6 heteroatoms. The number of nitrogens with zero attached hydrogens (tertiary/aromatic N) is 1. The SMILES string of the molecule is CC(C(=O)Nc1cc(Cl)ccc1F)N(C)CC(O)C1CC1. The molecular formula is C15H20ClFN2O2. The van der Waals surface area contributed by atoms with E-state index in [0.717, 1.165) is 12.8 Å². The van der Waals surface area contributed by atoms with Crippen molar-refractivity contribution in [2.75, 3.05) is 18.9 Å². The van der Waals surface area contributed by atoms with E-state index in [-0.39, 0.29) is 11.6 Å². The molecule has 21 heavy (non-hydrogen) atoms. The van der Waals surface area contributed by atoms with Crippen LogP contribution in [-0.4, -0.2) is 41.7 Å². The van der Waals surface area contributed by atoms with Crippen LogP contribution in [0.1, 0.15) is 19.8 Å². The van der Waals surface area contributed by atoms with E-state index < -0.39 is 18.0 Å². The van der Waals surface area contributed by atoms with Crippen LogP contribution in [-0.2, 0) is 4.79 Å². The molecule has 2 N–H and O–H groups in total. The molecule has 0 aliphatic heterocycles. The summed E-state index contributed by atoms with van der Waals surface area (Å²) in [5.41, 5.74) is 0.0653. The molecule has 1 aromatic carbocycles. The van der Waals surface area contributed by atoms with E-state index in [4.69, 9.17) is 11.6 Å². The number of anilines is 1. The predicted octanol–water partition coefficient (Wildman–Crippen LogP) is 2.51. The summed E-state index contributed by atoms with van der Waals surface area (Å²) in [5.74, 6) is -0.504. The molecule has 0 radical (unpaired) electrons. The highest BCUT2D eigenvalue weighted by Crippen LogP contribution is 2.32. The second-order valence-corrected chi connectivity index (χ2v) is 6.07. The number of hydrogen-bond donors (Lipinski definition) is 2. The number of aliphatic hydroxyl groups excluding tert-OH is 1. The van der Waals surface area contributed by atoms with Gasteiger partial charge in [0, 0.05) is 11.6 Å². The summed E-state index contributed by atoms with van der Waals surface area (Å²) in [6, 6.07) is 3.54. The molecule has 0 saturated heterocycles.